The topological polar surface area (TPSA) is 97.2 Å². The van der Waals surface area contributed by atoms with Crippen LogP contribution in [0.3, 0.4) is 0 Å². The number of para-hydroxylation sites is 1. The third-order valence-corrected chi connectivity index (χ3v) is 5.24. The standard InChI is InChI=1S/C29H24N2O5/c32-28(20-35-26-16-14-23(15-17-26)22-6-2-1-3-7-22)31-30-18-25-8-4-5-9-27(25)36-19-21-10-12-24(13-11-21)29(33)34/h1-18H,19-20H2,(H,31,32)(H,33,34)/b30-18+. The molecule has 0 atom stereocenters. The second-order valence-corrected chi connectivity index (χ2v) is 7.80. The van der Waals surface area contributed by atoms with Gasteiger partial charge in [0.2, 0.25) is 0 Å². The summed E-state index contributed by atoms with van der Waals surface area (Å²) in [5.41, 5.74) is 6.35. The van der Waals surface area contributed by atoms with Gasteiger partial charge in [0, 0.05) is 5.56 Å². The van der Waals surface area contributed by atoms with Gasteiger partial charge in [-0.3, -0.25) is 4.79 Å². The van der Waals surface area contributed by atoms with E-state index in [2.05, 4.69) is 10.5 Å². The molecule has 0 aliphatic rings. The summed E-state index contributed by atoms with van der Waals surface area (Å²) in [6.07, 6.45) is 1.50. The van der Waals surface area contributed by atoms with Crippen LogP contribution in [-0.2, 0) is 11.4 Å². The Morgan fingerprint density at radius 1 is 0.778 bits per heavy atom. The molecule has 1 amide bonds. The zero-order chi connectivity index (χ0) is 25.2. The Morgan fingerprint density at radius 2 is 1.44 bits per heavy atom. The van der Waals surface area contributed by atoms with Crippen molar-refractivity contribution in [3.8, 4) is 22.6 Å². The predicted molar refractivity (Wildman–Crippen MR) is 137 cm³/mol. The van der Waals surface area contributed by atoms with Crippen LogP contribution in [0.2, 0.25) is 0 Å². The molecular weight excluding hydrogens is 456 g/mol. The number of ether oxygens (including phenoxy) is 2. The maximum Gasteiger partial charge on any atom is 0.335 e. The normalized spacial score (nSPS) is 10.7. The fourth-order valence-electron chi connectivity index (χ4n) is 3.35. The fourth-order valence-corrected chi connectivity index (χ4v) is 3.35. The highest BCUT2D eigenvalue weighted by atomic mass is 16.5. The van der Waals surface area contributed by atoms with Crippen molar-refractivity contribution in [3.05, 3.63) is 120 Å². The van der Waals surface area contributed by atoms with Gasteiger partial charge >= 0.3 is 5.97 Å². The average Bonchev–Trinajstić information content (AvgIpc) is 2.92. The Hall–Kier alpha value is -4.91. The van der Waals surface area contributed by atoms with Gasteiger partial charge in [0.05, 0.1) is 11.8 Å². The van der Waals surface area contributed by atoms with E-state index >= 15 is 0 Å². The maximum absolute atomic E-state index is 12.1. The number of benzene rings is 4. The van der Waals surface area contributed by atoms with E-state index in [1.165, 1.54) is 18.3 Å². The highest BCUT2D eigenvalue weighted by Gasteiger charge is 2.06. The van der Waals surface area contributed by atoms with Crippen molar-refractivity contribution in [2.45, 2.75) is 6.61 Å². The molecule has 0 spiro atoms. The zero-order valence-electron chi connectivity index (χ0n) is 19.3. The number of amides is 1. The maximum atomic E-state index is 12.1. The first-order chi connectivity index (χ1) is 17.6. The second-order valence-electron chi connectivity index (χ2n) is 7.80. The molecule has 0 unspecified atom stereocenters. The van der Waals surface area contributed by atoms with E-state index < -0.39 is 11.9 Å². The first-order valence-electron chi connectivity index (χ1n) is 11.2. The molecule has 0 heterocycles. The number of carbonyl (C=O) groups is 2. The lowest BCUT2D eigenvalue weighted by Crippen LogP contribution is -2.24. The van der Waals surface area contributed by atoms with Crippen LogP contribution in [0.5, 0.6) is 11.5 Å². The monoisotopic (exact) mass is 480 g/mol. The van der Waals surface area contributed by atoms with Crippen LogP contribution >= 0.6 is 0 Å². The van der Waals surface area contributed by atoms with Gasteiger partial charge < -0.3 is 14.6 Å². The van der Waals surface area contributed by atoms with Crippen LogP contribution < -0.4 is 14.9 Å². The Labute approximate surface area is 208 Å². The summed E-state index contributed by atoms with van der Waals surface area (Å²) < 4.78 is 11.4. The molecule has 0 aliphatic heterocycles. The predicted octanol–water partition coefficient (Wildman–Crippen LogP) is 5.16. The number of nitrogens with zero attached hydrogens (tertiary/aromatic N) is 1. The van der Waals surface area contributed by atoms with Crippen LogP contribution in [0.4, 0.5) is 0 Å². The number of carboxylic acid groups (broad SMARTS) is 1. The van der Waals surface area contributed by atoms with Crippen molar-refractivity contribution in [1.29, 1.82) is 0 Å². The number of hydrogen-bond donors (Lipinski definition) is 2. The number of hydrazone groups is 1. The van der Waals surface area contributed by atoms with E-state index in [4.69, 9.17) is 14.6 Å². The van der Waals surface area contributed by atoms with Crippen molar-refractivity contribution in [3.63, 3.8) is 0 Å². The van der Waals surface area contributed by atoms with Crippen LogP contribution in [-0.4, -0.2) is 29.8 Å². The number of carbonyl (C=O) groups excluding carboxylic acids is 1. The molecule has 4 rings (SSSR count). The smallest absolute Gasteiger partial charge is 0.335 e. The summed E-state index contributed by atoms with van der Waals surface area (Å²) >= 11 is 0. The van der Waals surface area contributed by atoms with Crippen LogP contribution in [0.1, 0.15) is 21.5 Å². The number of carboxylic acids is 1. The molecule has 2 N–H and O–H groups in total. The molecule has 0 aliphatic carbocycles. The van der Waals surface area contributed by atoms with Crippen molar-refractivity contribution in [1.82, 2.24) is 5.43 Å². The van der Waals surface area contributed by atoms with Gasteiger partial charge in [0.25, 0.3) is 5.91 Å². The number of aromatic carboxylic acids is 1. The summed E-state index contributed by atoms with van der Waals surface area (Å²) in [7, 11) is 0. The van der Waals surface area contributed by atoms with Gasteiger partial charge in [0.15, 0.2) is 6.61 Å². The van der Waals surface area contributed by atoms with Gasteiger partial charge in [-0.2, -0.15) is 5.10 Å². The molecule has 0 fully saturated rings. The molecule has 180 valence electrons. The van der Waals surface area contributed by atoms with Crippen molar-refractivity contribution >= 4 is 18.1 Å². The average molecular weight is 481 g/mol. The summed E-state index contributed by atoms with van der Waals surface area (Å²) in [5, 5.41) is 13.0. The summed E-state index contributed by atoms with van der Waals surface area (Å²) in [4.78, 5) is 23.1. The van der Waals surface area contributed by atoms with E-state index in [9.17, 15) is 9.59 Å². The van der Waals surface area contributed by atoms with Gasteiger partial charge in [-0.05, 0) is 53.1 Å². The summed E-state index contributed by atoms with van der Waals surface area (Å²) in [5.74, 6) is -0.204. The molecule has 0 saturated carbocycles. The quantitative estimate of drug-likeness (QED) is 0.241. The fraction of sp³-hybridized carbons (Fsp3) is 0.0690. The minimum Gasteiger partial charge on any atom is -0.488 e. The molecular formula is C29H24N2O5. The van der Waals surface area contributed by atoms with Gasteiger partial charge in [-0.25, -0.2) is 10.2 Å². The number of hydrogen-bond acceptors (Lipinski definition) is 5. The van der Waals surface area contributed by atoms with E-state index in [1.807, 2.05) is 72.8 Å². The van der Waals surface area contributed by atoms with Crippen molar-refractivity contribution in [2.24, 2.45) is 5.10 Å². The summed E-state index contributed by atoms with van der Waals surface area (Å²) in [6.45, 7) is 0.0839. The van der Waals surface area contributed by atoms with E-state index in [0.29, 0.717) is 17.1 Å². The molecule has 4 aromatic carbocycles. The van der Waals surface area contributed by atoms with Crippen molar-refractivity contribution < 1.29 is 24.2 Å². The minimum atomic E-state index is -0.975. The Balaban J connectivity index is 1.26. The molecule has 0 saturated heterocycles. The van der Waals surface area contributed by atoms with Crippen molar-refractivity contribution in [2.75, 3.05) is 6.61 Å². The lowest BCUT2D eigenvalue weighted by Gasteiger charge is -2.09. The van der Waals surface area contributed by atoms with Gasteiger partial charge in [-0.15, -0.1) is 0 Å². The lowest BCUT2D eigenvalue weighted by atomic mass is 10.1. The van der Waals surface area contributed by atoms with E-state index in [1.54, 1.807) is 18.2 Å². The van der Waals surface area contributed by atoms with E-state index in [-0.39, 0.29) is 18.8 Å². The van der Waals surface area contributed by atoms with Crippen LogP contribution in [0.25, 0.3) is 11.1 Å². The Morgan fingerprint density at radius 3 is 2.17 bits per heavy atom. The van der Waals surface area contributed by atoms with Crippen LogP contribution in [0, 0.1) is 0 Å². The molecule has 0 radical (unpaired) electrons. The molecule has 0 aromatic heterocycles. The lowest BCUT2D eigenvalue weighted by molar-refractivity contribution is -0.123. The number of rotatable bonds is 10. The highest BCUT2D eigenvalue weighted by molar-refractivity contribution is 5.87. The first-order valence-corrected chi connectivity index (χ1v) is 11.2. The number of nitrogens with one attached hydrogen (secondary N) is 1. The Bertz CT molecular complexity index is 1330. The van der Waals surface area contributed by atoms with Gasteiger partial charge in [0.1, 0.15) is 18.1 Å². The largest absolute Gasteiger partial charge is 0.488 e. The summed E-state index contributed by atoms with van der Waals surface area (Å²) in [6, 6.07) is 31.3. The highest BCUT2D eigenvalue weighted by Crippen LogP contribution is 2.22. The van der Waals surface area contributed by atoms with Crippen LogP contribution in [0.15, 0.2) is 108 Å². The van der Waals surface area contributed by atoms with E-state index in [0.717, 1.165) is 16.7 Å². The molecule has 7 nitrogen and oxygen atoms in total. The zero-order valence-corrected chi connectivity index (χ0v) is 19.3. The third-order valence-electron chi connectivity index (χ3n) is 5.24. The third kappa shape index (κ3) is 6.80. The SMILES string of the molecule is O=C(COc1ccc(-c2ccccc2)cc1)N/N=C/c1ccccc1OCc1ccc(C(=O)O)cc1. The minimum absolute atomic E-state index is 0.174. The Kier molecular flexibility index (Phi) is 8.07. The molecule has 4 aromatic rings. The van der Waals surface area contributed by atoms with Gasteiger partial charge in [-0.1, -0.05) is 66.7 Å². The molecule has 7 heteroatoms. The molecule has 0 bridgehead atoms. The first kappa shape index (κ1) is 24.2. The second kappa shape index (κ2) is 12.0. The molecule has 36 heavy (non-hydrogen) atoms.